The van der Waals surface area contributed by atoms with E-state index in [4.69, 9.17) is 4.74 Å². The Morgan fingerprint density at radius 3 is 2.95 bits per heavy atom. The van der Waals surface area contributed by atoms with Crippen LogP contribution in [0.4, 0.5) is 10.7 Å². The van der Waals surface area contributed by atoms with E-state index in [1.165, 1.54) is 11.5 Å². The number of pyridine rings is 1. The molecule has 0 bridgehead atoms. The average Bonchev–Trinajstić information content (AvgIpc) is 2.74. The Hall–Kier alpha value is -1.95. The Bertz CT molecular complexity index is 595. The highest BCUT2D eigenvalue weighted by Gasteiger charge is 2.20. The molecule has 0 saturated carbocycles. The van der Waals surface area contributed by atoms with Crippen LogP contribution in [0.1, 0.15) is 28.5 Å². The van der Waals surface area contributed by atoms with Gasteiger partial charge in [0.25, 0.3) is 0 Å². The first-order valence-corrected chi connectivity index (χ1v) is 6.71. The molecular weight excluding hydrogens is 262 g/mol. The van der Waals surface area contributed by atoms with Gasteiger partial charge in [-0.3, -0.25) is 4.98 Å². The van der Waals surface area contributed by atoms with Gasteiger partial charge in [-0.2, -0.15) is 4.37 Å². The Labute approximate surface area is 115 Å². The van der Waals surface area contributed by atoms with Crippen LogP contribution in [0.3, 0.4) is 0 Å². The third-order valence-electron chi connectivity index (χ3n) is 2.63. The molecule has 2 aromatic heterocycles. The van der Waals surface area contributed by atoms with Gasteiger partial charge >= 0.3 is 5.97 Å². The first-order chi connectivity index (χ1) is 9.13. The van der Waals surface area contributed by atoms with Gasteiger partial charge in [0, 0.05) is 6.20 Å². The third-order valence-corrected chi connectivity index (χ3v) is 3.48. The monoisotopic (exact) mass is 277 g/mol. The number of hydrogen-bond acceptors (Lipinski definition) is 6. The number of aryl methyl sites for hydroxylation is 2. The summed E-state index contributed by atoms with van der Waals surface area (Å²) in [6.07, 6.45) is 3.45. The van der Waals surface area contributed by atoms with Gasteiger partial charge in [0.05, 0.1) is 24.2 Å². The number of ether oxygens (including phenoxy) is 1. The Morgan fingerprint density at radius 2 is 2.26 bits per heavy atom. The van der Waals surface area contributed by atoms with E-state index in [0.29, 0.717) is 22.9 Å². The SMILES string of the molecule is CCOC(=O)c1c(C)nsc1Nc1cnccc1C. The molecule has 0 aromatic carbocycles. The zero-order valence-corrected chi connectivity index (χ0v) is 11.9. The van der Waals surface area contributed by atoms with Gasteiger partial charge in [-0.1, -0.05) is 0 Å². The van der Waals surface area contributed by atoms with Crippen molar-refractivity contribution in [1.82, 2.24) is 9.36 Å². The summed E-state index contributed by atoms with van der Waals surface area (Å²) in [5.74, 6) is -0.349. The van der Waals surface area contributed by atoms with Gasteiger partial charge in [0.15, 0.2) is 0 Å². The largest absolute Gasteiger partial charge is 0.462 e. The summed E-state index contributed by atoms with van der Waals surface area (Å²) < 4.78 is 9.25. The Kier molecular flexibility index (Phi) is 4.11. The van der Waals surface area contributed by atoms with E-state index in [0.717, 1.165) is 11.3 Å². The van der Waals surface area contributed by atoms with E-state index in [1.807, 2.05) is 13.0 Å². The van der Waals surface area contributed by atoms with Crippen molar-refractivity contribution < 1.29 is 9.53 Å². The van der Waals surface area contributed by atoms with Crippen LogP contribution in [-0.4, -0.2) is 21.9 Å². The van der Waals surface area contributed by atoms with Crippen molar-refractivity contribution >= 4 is 28.2 Å². The highest BCUT2D eigenvalue weighted by atomic mass is 32.1. The van der Waals surface area contributed by atoms with Crippen LogP contribution < -0.4 is 5.32 Å². The van der Waals surface area contributed by atoms with E-state index < -0.39 is 0 Å². The lowest BCUT2D eigenvalue weighted by Crippen LogP contribution is -2.07. The summed E-state index contributed by atoms with van der Waals surface area (Å²) in [5, 5.41) is 3.88. The molecule has 0 amide bonds. The number of rotatable bonds is 4. The van der Waals surface area contributed by atoms with Crippen LogP contribution >= 0.6 is 11.5 Å². The number of carbonyl (C=O) groups excluding carboxylic acids is 1. The molecule has 0 atom stereocenters. The Balaban J connectivity index is 2.31. The van der Waals surface area contributed by atoms with Crippen molar-refractivity contribution in [3.8, 4) is 0 Å². The second kappa shape index (κ2) is 5.79. The maximum Gasteiger partial charge on any atom is 0.343 e. The summed E-state index contributed by atoms with van der Waals surface area (Å²) in [5.41, 5.74) is 3.08. The van der Waals surface area contributed by atoms with Crippen LogP contribution in [-0.2, 0) is 4.74 Å². The summed E-state index contributed by atoms with van der Waals surface area (Å²) >= 11 is 1.24. The van der Waals surface area contributed by atoms with Crippen molar-refractivity contribution in [3.05, 3.63) is 35.3 Å². The van der Waals surface area contributed by atoms with Crippen molar-refractivity contribution in [3.63, 3.8) is 0 Å². The molecule has 0 spiro atoms. The van der Waals surface area contributed by atoms with Crippen LogP contribution in [0.15, 0.2) is 18.5 Å². The minimum absolute atomic E-state index is 0.347. The number of esters is 1. The van der Waals surface area contributed by atoms with Gasteiger partial charge in [-0.25, -0.2) is 4.79 Å². The normalized spacial score (nSPS) is 10.3. The smallest absolute Gasteiger partial charge is 0.343 e. The van der Waals surface area contributed by atoms with E-state index in [-0.39, 0.29) is 5.97 Å². The van der Waals surface area contributed by atoms with Gasteiger partial charge in [-0.05, 0) is 43.9 Å². The minimum atomic E-state index is -0.349. The van der Waals surface area contributed by atoms with E-state index in [1.54, 1.807) is 26.2 Å². The molecule has 6 heteroatoms. The molecule has 2 aromatic rings. The second-order valence-corrected chi connectivity index (χ2v) is 4.78. The number of carbonyl (C=O) groups is 1. The molecule has 0 unspecified atom stereocenters. The predicted octanol–water partition coefficient (Wildman–Crippen LogP) is 3.08. The van der Waals surface area contributed by atoms with Crippen LogP contribution in [0.2, 0.25) is 0 Å². The molecule has 0 radical (unpaired) electrons. The average molecular weight is 277 g/mol. The van der Waals surface area contributed by atoms with Crippen LogP contribution in [0.5, 0.6) is 0 Å². The fourth-order valence-electron chi connectivity index (χ4n) is 1.62. The van der Waals surface area contributed by atoms with Crippen molar-refractivity contribution in [2.75, 3.05) is 11.9 Å². The number of aromatic nitrogens is 2. The number of nitrogens with zero attached hydrogens (tertiary/aromatic N) is 2. The minimum Gasteiger partial charge on any atom is -0.462 e. The van der Waals surface area contributed by atoms with Crippen LogP contribution in [0, 0.1) is 13.8 Å². The summed E-state index contributed by atoms with van der Waals surface area (Å²) in [6, 6.07) is 1.90. The fourth-order valence-corrected chi connectivity index (χ4v) is 2.41. The van der Waals surface area contributed by atoms with Gasteiger partial charge < -0.3 is 10.1 Å². The van der Waals surface area contributed by atoms with Gasteiger partial charge in [-0.15, -0.1) is 0 Å². The van der Waals surface area contributed by atoms with E-state index in [2.05, 4.69) is 14.7 Å². The third kappa shape index (κ3) is 2.90. The predicted molar refractivity (Wildman–Crippen MR) is 75.1 cm³/mol. The first kappa shape index (κ1) is 13.5. The molecule has 0 aliphatic rings. The Morgan fingerprint density at radius 1 is 1.47 bits per heavy atom. The summed E-state index contributed by atoms with van der Waals surface area (Å²) in [7, 11) is 0. The molecule has 5 nitrogen and oxygen atoms in total. The molecule has 1 N–H and O–H groups in total. The molecule has 0 saturated heterocycles. The molecule has 2 rings (SSSR count). The second-order valence-electron chi connectivity index (χ2n) is 4.01. The van der Waals surface area contributed by atoms with Gasteiger partial charge in [0.2, 0.25) is 0 Å². The zero-order chi connectivity index (χ0) is 13.8. The highest BCUT2D eigenvalue weighted by Crippen LogP contribution is 2.29. The first-order valence-electron chi connectivity index (χ1n) is 5.94. The zero-order valence-electron chi connectivity index (χ0n) is 11.1. The quantitative estimate of drug-likeness (QED) is 0.870. The molecule has 19 heavy (non-hydrogen) atoms. The van der Waals surface area contributed by atoms with E-state index >= 15 is 0 Å². The van der Waals surface area contributed by atoms with Crippen molar-refractivity contribution in [2.24, 2.45) is 0 Å². The standard InChI is InChI=1S/C13H15N3O2S/c1-4-18-13(17)11-9(3)16-19-12(11)15-10-7-14-6-5-8(10)2/h5-7,15H,4H2,1-3H3. The lowest BCUT2D eigenvalue weighted by Gasteiger charge is -2.08. The molecule has 100 valence electrons. The van der Waals surface area contributed by atoms with Crippen LogP contribution in [0.25, 0.3) is 0 Å². The van der Waals surface area contributed by atoms with Gasteiger partial charge in [0.1, 0.15) is 10.6 Å². The lowest BCUT2D eigenvalue weighted by atomic mass is 10.2. The molecule has 0 aliphatic carbocycles. The maximum atomic E-state index is 11.9. The number of nitrogens with one attached hydrogen (secondary N) is 1. The molecule has 0 aliphatic heterocycles. The number of anilines is 2. The highest BCUT2D eigenvalue weighted by molar-refractivity contribution is 7.10. The topological polar surface area (TPSA) is 64.1 Å². The lowest BCUT2D eigenvalue weighted by molar-refractivity contribution is 0.0527. The number of hydrogen-bond donors (Lipinski definition) is 1. The fraction of sp³-hybridized carbons (Fsp3) is 0.308. The molecule has 2 heterocycles. The van der Waals surface area contributed by atoms with E-state index in [9.17, 15) is 4.79 Å². The molecule has 0 fully saturated rings. The van der Waals surface area contributed by atoms with Crippen molar-refractivity contribution in [2.45, 2.75) is 20.8 Å². The summed E-state index contributed by atoms with van der Waals surface area (Å²) in [4.78, 5) is 16.0. The molecular formula is C13H15N3O2S. The van der Waals surface area contributed by atoms with Crippen molar-refractivity contribution in [1.29, 1.82) is 0 Å². The maximum absolute atomic E-state index is 11.9. The summed E-state index contributed by atoms with van der Waals surface area (Å²) in [6.45, 7) is 5.90.